The Bertz CT molecular complexity index is 659. The second-order valence-electron chi connectivity index (χ2n) is 6.18. The van der Waals surface area contributed by atoms with E-state index in [9.17, 15) is 4.79 Å². The number of nitrogens with two attached hydrogens (primary N) is 1. The van der Waals surface area contributed by atoms with E-state index >= 15 is 0 Å². The summed E-state index contributed by atoms with van der Waals surface area (Å²) in [7, 11) is 0. The Morgan fingerprint density at radius 3 is 2.61 bits per heavy atom. The van der Waals surface area contributed by atoms with Gasteiger partial charge in [-0.25, -0.2) is 0 Å². The predicted octanol–water partition coefficient (Wildman–Crippen LogP) is 2.27. The van der Waals surface area contributed by atoms with Crippen molar-refractivity contribution < 1.29 is 9.21 Å². The van der Waals surface area contributed by atoms with Crippen molar-refractivity contribution in [2.24, 2.45) is 5.73 Å². The Morgan fingerprint density at radius 1 is 1.26 bits per heavy atom. The molecule has 1 amide bonds. The molecule has 1 aromatic carbocycles. The van der Waals surface area contributed by atoms with Crippen LogP contribution in [-0.4, -0.2) is 33.6 Å². The van der Waals surface area contributed by atoms with Crippen molar-refractivity contribution in [1.82, 2.24) is 15.1 Å². The molecule has 23 heavy (non-hydrogen) atoms. The van der Waals surface area contributed by atoms with Crippen LogP contribution in [0.5, 0.6) is 0 Å². The molecular formula is C17H22N4O2. The summed E-state index contributed by atoms with van der Waals surface area (Å²) in [6, 6.07) is 8.32. The molecule has 0 radical (unpaired) electrons. The Hall–Kier alpha value is -2.21. The minimum atomic E-state index is -0.324. The molecule has 0 unspecified atom stereocenters. The standard InChI is InChI=1S/C17H22N4O2/c1-12-6-8-13(9-7-12)17-20-19-16(23-17)11-21(10-15(18)22)14-4-2-3-5-14/h6-9,14H,2-5,10-11H2,1H3,(H2,18,22). The van der Waals surface area contributed by atoms with Crippen molar-refractivity contribution in [1.29, 1.82) is 0 Å². The number of amides is 1. The summed E-state index contributed by atoms with van der Waals surface area (Å²) in [6.07, 6.45) is 4.56. The van der Waals surface area contributed by atoms with Gasteiger partial charge in [-0.15, -0.1) is 10.2 Å². The minimum absolute atomic E-state index is 0.229. The van der Waals surface area contributed by atoms with Gasteiger partial charge >= 0.3 is 0 Å². The molecule has 122 valence electrons. The molecule has 6 nitrogen and oxygen atoms in total. The maximum atomic E-state index is 11.3. The highest BCUT2D eigenvalue weighted by Crippen LogP contribution is 2.25. The van der Waals surface area contributed by atoms with Gasteiger partial charge in [0.15, 0.2) is 0 Å². The van der Waals surface area contributed by atoms with Gasteiger partial charge in [0, 0.05) is 11.6 Å². The van der Waals surface area contributed by atoms with Crippen molar-refractivity contribution >= 4 is 5.91 Å². The van der Waals surface area contributed by atoms with Crippen molar-refractivity contribution in [3.8, 4) is 11.5 Å². The number of carbonyl (C=O) groups excluding carboxylic acids is 1. The summed E-state index contributed by atoms with van der Waals surface area (Å²) in [5, 5.41) is 8.24. The van der Waals surface area contributed by atoms with Crippen LogP contribution in [0.1, 0.15) is 37.1 Å². The first kappa shape index (κ1) is 15.7. The Morgan fingerprint density at radius 2 is 1.96 bits per heavy atom. The number of carbonyl (C=O) groups is 1. The fourth-order valence-electron chi connectivity index (χ4n) is 3.09. The van der Waals surface area contributed by atoms with Crippen LogP contribution in [0.2, 0.25) is 0 Å². The first-order valence-electron chi connectivity index (χ1n) is 8.03. The zero-order valence-corrected chi connectivity index (χ0v) is 13.4. The van der Waals surface area contributed by atoms with E-state index in [2.05, 4.69) is 15.1 Å². The first-order valence-corrected chi connectivity index (χ1v) is 8.03. The Balaban J connectivity index is 1.73. The predicted molar refractivity (Wildman–Crippen MR) is 86.3 cm³/mol. The summed E-state index contributed by atoms with van der Waals surface area (Å²) >= 11 is 0. The summed E-state index contributed by atoms with van der Waals surface area (Å²) in [5.41, 5.74) is 7.46. The molecule has 0 saturated heterocycles. The lowest BCUT2D eigenvalue weighted by atomic mass is 10.1. The molecule has 1 fully saturated rings. The van der Waals surface area contributed by atoms with E-state index in [0.717, 1.165) is 18.4 Å². The average Bonchev–Trinajstić information content (AvgIpc) is 3.18. The van der Waals surface area contributed by atoms with Crippen LogP contribution in [0.15, 0.2) is 28.7 Å². The highest BCUT2D eigenvalue weighted by atomic mass is 16.4. The number of rotatable bonds is 6. The Labute approximate surface area is 135 Å². The van der Waals surface area contributed by atoms with Gasteiger partial charge in [-0.05, 0) is 31.9 Å². The molecular weight excluding hydrogens is 292 g/mol. The molecule has 0 atom stereocenters. The maximum absolute atomic E-state index is 11.3. The number of hydrogen-bond donors (Lipinski definition) is 1. The summed E-state index contributed by atoms with van der Waals surface area (Å²) < 4.78 is 5.77. The molecule has 1 aromatic heterocycles. The summed E-state index contributed by atoms with van der Waals surface area (Å²) in [4.78, 5) is 13.4. The zero-order valence-electron chi connectivity index (χ0n) is 13.4. The number of hydrogen-bond acceptors (Lipinski definition) is 5. The van der Waals surface area contributed by atoms with E-state index in [-0.39, 0.29) is 12.5 Å². The molecule has 0 bridgehead atoms. The molecule has 3 rings (SSSR count). The van der Waals surface area contributed by atoms with Crippen LogP contribution in [-0.2, 0) is 11.3 Å². The lowest BCUT2D eigenvalue weighted by Gasteiger charge is -2.25. The van der Waals surface area contributed by atoms with E-state index < -0.39 is 0 Å². The van der Waals surface area contributed by atoms with Gasteiger partial charge in [-0.2, -0.15) is 0 Å². The van der Waals surface area contributed by atoms with Crippen LogP contribution >= 0.6 is 0 Å². The maximum Gasteiger partial charge on any atom is 0.247 e. The van der Waals surface area contributed by atoms with Crippen molar-refractivity contribution in [2.75, 3.05) is 6.54 Å². The molecule has 1 heterocycles. The van der Waals surface area contributed by atoms with Gasteiger partial charge in [0.1, 0.15) is 0 Å². The zero-order chi connectivity index (χ0) is 16.2. The fourth-order valence-corrected chi connectivity index (χ4v) is 3.09. The lowest BCUT2D eigenvalue weighted by Crippen LogP contribution is -2.39. The summed E-state index contributed by atoms with van der Waals surface area (Å²) in [6.45, 7) is 2.73. The molecule has 0 spiro atoms. The quantitative estimate of drug-likeness (QED) is 0.884. The molecule has 1 saturated carbocycles. The normalized spacial score (nSPS) is 15.4. The second-order valence-corrected chi connectivity index (χ2v) is 6.18. The van der Waals surface area contributed by atoms with Gasteiger partial charge in [-0.1, -0.05) is 30.5 Å². The van der Waals surface area contributed by atoms with Crippen LogP contribution in [0.3, 0.4) is 0 Å². The van der Waals surface area contributed by atoms with Crippen LogP contribution in [0.4, 0.5) is 0 Å². The van der Waals surface area contributed by atoms with Gasteiger partial charge in [-0.3, -0.25) is 9.69 Å². The van der Waals surface area contributed by atoms with Crippen LogP contribution < -0.4 is 5.73 Å². The molecule has 2 N–H and O–H groups in total. The number of nitrogens with zero attached hydrogens (tertiary/aromatic N) is 3. The molecule has 1 aliphatic carbocycles. The smallest absolute Gasteiger partial charge is 0.247 e. The fraction of sp³-hybridized carbons (Fsp3) is 0.471. The third kappa shape index (κ3) is 3.96. The number of primary amides is 1. The molecule has 1 aliphatic rings. The van der Waals surface area contributed by atoms with Crippen LogP contribution in [0, 0.1) is 6.92 Å². The van der Waals surface area contributed by atoms with Crippen molar-refractivity contribution in [3.05, 3.63) is 35.7 Å². The van der Waals surface area contributed by atoms with Gasteiger partial charge in [0.2, 0.25) is 17.7 Å². The monoisotopic (exact) mass is 314 g/mol. The van der Waals surface area contributed by atoms with Gasteiger partial charge in [0.25, 0.3) is 0 Å². The largest absolute Gasteiger partial charge is 0.419 e. The average molecular weight is 314 g/mol. The summed E-state index contributed by atoms with van der Waals surface area (Å²) in [5.74, 6) is 0.703. The molecule has 0 aliphatic heterocycles. The Kier molecular flexibility index (Phi) is 4.71. The molecule has 2 aromatic rings. The minimum Gasteiger partial charge on any atom is -0.419 e. The van der Waals surface area contributed by atoms with Crippen LogP contribution in [0.25, 0.3) is 11.5 Å². The number of benzene rings is 1. The number of aromatic nitrogens is 2. The van der Waals surface area contributed by atoms with Gasteiger partial charge in [0.05, 0.1) is 13.1 Å². The highest BCUT2D eigenvalue weighted by molar-refractivity contribution is 5.75. The van der Waals surface area contributed by atoms with Crippen molar-refractivity contribution in [3.63, 3.8) is 0 Å². The van der Waals surface area contributed by atoms with Crippen molar-refractivity contribution in [2.45, 2.75) is 45.2 Å². The molecule has 6 heteroatoms. The van der Waals surface area contributed by atoms with Gasteiger partial charge < -0.3 is 10.2 Å². The van der Waals surface area contributed by atoms with E-state index in [1.807, 2.05) is 31.2 Å². The second kappa shape index (κ2) is 6.91. The number of aryl methyl sites for hydroxylation is 1. The van der Waals surface area contributed by atoms with E-state index in [0.29, 0.717) is 24.4 Å². The van der Waals surface area contributed by atoms with E-state index in [1.54, 1.807) is 0 Å². The topological polar surface area (TPSA) is 85.3 Å². The SMILES string of the molecule is Cc1ccc(-c2nnc(CN(CC(N)=O)C3CCCC3)o2)cc1. The first-order chi connectivity index (χ1) is 11.1. The van der Waals surface area contributed by atoms with E-state index in [4.69, 9.17) is 10.2 Å². The van der Waals surface area contributed by atoms with E-state index in [1.165, 1.54) is 18.4 Å². The third-order valence-corrected chi connectivity index (χ3v) is 4.30. The highest BCUT2D eigenvalue weighted by Gasteiger charge is 2.25. The lowest BCUT2D eigenvalue weighted by molar-refractivity contribution is -0.119. The third-order valence-electron chi connectivity index (χ3n) is 4.30.